The smallest absolute Gasteiger partial charge is 0.260 e. The Morgan fingerprint density at radius 2 is 1.95 bits per heavy atom. The van der Waals surface area contributed by atoms with Gasteiger partial charge >= 0.3 is 0 Å². The monoisotopic (exact) mass is 285 g/mol. The highest BCUT2D eigenvalue weighted by Crippen LogP contribution is 2.27. The van der Waals surface area contributed by atoms with E-state index in [1.54, 1.807) is 4.90 Å². The molecule has 1 N–H and O–H groups in total. The molecule has 0 radical (unpaired) electrons. The van der Waals surface area contributed by atoms with Crippen molar-refractivity contribution in [2.45, 2.75) is 18.9 Å². The van der Waals surface area contributed by atoms with Gasteiger partial charge in [-0.2, -0.15) is 0 Å². The summed E-state index contributed by atoms with van der Waals surface area (Å²) in [5, 5.41) is 11.3. The maximum atomic E-state index is 12.1. The highest BCUT2D eigenvalue weighted by atomic mass is 16.5. The van der Waals surface area contributed by atoms with Gasteiger partial charge in [0.15, 0.2) is 6.61 Å². The SMILES string of the molecule is O=C(COc1ccc2ccccc2c1)N(CCO)C1CC1. The summed E-state index contributed by atoms with van der Waals surface area (Å²) in [4.78, 5) is 13.9. The van der Waals surface area contributed by atoms with E-state index in [-0.39, 0.29) is 19.1 Å². The molecular weight excluding hydrogens is 266 g/mol. The number of benzene rings is 2. The molecule has 1 aliphatic carbocycles. The Labute approximate surface area is 123 Å². The predicted octanol–water partition coefficient (Wildman–Crippen LogP) is 2.20. The topological polar surface area (TPSA) is 49.8 Å². The van der Waals surface area contributed by atoms with Gasteiger partial charge in [0.2, 0.25) is 0 Å². The number of carbonyl (C=O) groups is 1. The maximum Gasteiger partial charge on any atom is 0.260 e. The number of amides is 1. The van der Waals surface area contributed by atoms with Crippen LogP contribution in [0.4, 0.5) is 0 Å². The van der Waals surface area contributed by atoms with Crippen LogP contribution in [-0.2, 0) is 4.79 Å². The zero-order chi connectivity index (χ0) is 14.7. The largest absolute Gasteiger partial charge is 0.484 e. The Kier molecular flexibility index (Phi) is 4.06. The zero-order valence-electron chi connectivity index (χ0n) is 11.9. The first-order valence-electron chi connectivity index (χ1n) is 7.30. The molecule has 110 valence electrons. The normalized spacial score (nSPS) is 14.1. The second kappa shape index (κ2) is 6.14. The summed E-state index contributed by atoms with van der Waals surface area (Å²) in [7, 11) is 0. The zero-order valence-corrected chi connectivity index (χ0v) is 11.9. The molecule has 0 heterocycles. The molecule has 0 aromatic heterocycles. The van der Waals surface area contributed by atoms with Crippen molar-refractivity contribution in [3.8, 4) is 5.75 Å². The molecule has 3 rings (SSSR count). The molecular formula is C17H19NO3. The van der Waals surface area contributed by atoms with Gasteiger partial charge in [-0.25, -0.2) is 0 Å². The maximum absolute atomic E-state index is 12.1. The van der Waals surface area contributed by atoms with E-state index in [2.05, 4.69) is 0 Å². The van der Waals surface area contributed by atoms with Gasteiger partial charge in [-0.15, -0.1) is 0 Å². The molecule has 21 heavy (non-hydrogen) atoms. The third-order valence-corrected chi connectivity index (χ3v) is 3.73. The Balaban J connectivity index is 1.63. The standard InChI is InChI=1S/C17H19NO3/c19-10-9-18(15-6-7-15)17(20)12-21-16-8-5-13-3-1-2-4-14(13)11-16/h1-5,8,11,15,19H,6-7,9-10,12H2. The second-order valence-electron chi connectivity index (χ2n) is 5.34. The summed E-state index contributed by atoms with van der Waals surface area (Å²) in [5.74, 6) is 0.640. The minimum atomic E-state index is -0.0558. The van der Waals surface area contributed by atoms with Crippen LogP contribution < -0.4 is 4.74 Å². The minimum absolute atomic E-state index is 0.00177. The van der Waals surface area contributed by atoms with Crippen LogP contribution in [0.25, 0.3) is 10.8 Å². The molecule has 0 saturated heterocycles. The molecule has 2 aromatic rings. The van der Waals surface area contributed by atoms with E-state index in [4.69, 9.17) is 9.84 Å². The molecule has 1 amide bonds. The molecule has 1 aliphatic rings. The number of aliphatic hydroxyl groups is 1. The lowest BCUT2D eigenvalue weighted by molar-refractivity contribution is -0.134. The van der Waals surface area contributed by atoms with Crippen molar-refractivity contribution in [3.05, 3.63) is 42.5 Å². The van der Waals surface area contributed by atoms with Crippen molar-refractivity contribution < 1.29 is 14.6 Å². The van der Waals surface area contributed by atoms with E-state index < -0.39 is 0 Å². The minimum Gasteiger partial charge on any atom is -0.484 e. The number of fused-ring (bicyclic) bond motifs is 1. The fraction of sp³-hybridized carbons (Fsp3) is 0.353. The first-order chi connectivity index (χ1) is 10.3. The molecule has 2 aromatic carbocycles. The molecule has 0 spiro atoms. The third-order valence-electron chi connectivity index (χ3n) is 3.73. The summed E-state index contributed by atoms with van der Waals surface area (Å²) >= 11 is 0. The van der Waals surface area contributed by atoms with Gasteiger partial charge in [-0.3, -0.25) is 4.79 Å². The molecule has 0 atom stereocenters. The fourth-order valence-corrected chi connectivity index (χ4v) is 2.49. The number of aliphatic hydroxyl groups excluding tert-OH is 1. The average Bonchev–Trinajstić information content (AvgIpc) is 3.34. The van der Waals surface area contributed by atoms with Crippen LogP contribution in [0, 0.1) is 0 Å². The van der Waals surface area contributed by atoms with Gasteiger partial charge in [-0.05, 0) is 35.7 Å². The van der Waals surface area contributed by atoms with Gasteiger partial charge in [0, 0.05) is 12.6 Å². The van der Waals surface area contributed by atoms with Crippen LogP contribution in [0.3, 0.4) is 0 Å². The summed E-state index contributed by atoms with van der Waals surface area (Å²) in [6.45, 7) is 0.414. The van der Waals surface area contributed by atoms with E-state index >= 15 is 0 Å². The highest BCUT2D eigenvalue weighted by Gasteiger charge is 2.32. The van der Waals surface area contributed by atoms with Crippen LogP contribution in [0.5, 0.6) is 5.75 Å². The van der Waals surface area contributed by atoms with Crippen LogP contribution in [0.15, 0.2) is 42.5 Å². The number of carbonyl (C=O) groups excluding carboxylic acids is 1. The van der Waals surface area contributed by atoms with Crippen LogP contribution in [-0.4, -0.2) is 41.7 Å². The highest BCUT2D eigenvalue weighted by molar-refractivity contribution is 5.84. The number of ether oxygens (including phenoxy) is 1. The quantitative estimate of drug-likeness (QED) is 0.885. The van der Waals surface area contributed by atoms with Crippen LogP contribution in [0.1, 0.15) is 12.8 Å². The molecule has 0 aliphatic heterocycles. The van der Waals surface area contributed by atoms with Crippen LogP contribution >= 0.6 is 0 Å². The fourth-order valence-electron chi connectivity index (χ4n) is 2.49. The van der Waals surface area contributed by atoms with E-state index in [0.29, 0.717) is 18.3 Å². The Hall–Kier alpha value is -2.07. The van der Waals surface area contributed by atoms with E-state index in [9.17, 15) is 4.79 Å². The van der Waals surface area contributed by atoms with Crippen molar-refractivity contribution in [2.75, 3.05) is 19.8 Å². The number of nitrogens with zero attached hydrogens (tertiary/aromatic N) is 1. The summed E-state index contributed by atoms with van der Waals surface area (Å²) in [5.41, 5.74) is 0. The van der Waals surface area contributed by atoms with Gasteiger partial charge < -0.3 is 14.7 Å². The van der Waals surface area contributed by atoms with Crippen molar-refractivity contribution in [2.24, 2.45) is 0 Å². The van der Waals surface area contributed by atoms with E-state index in [1.165, 1.54) is 0 Å². The van der Waals surface area contributed by atoms with Gasteiger partial charge in [-0.1, -0.05) is 30.3 Å². The number of hydrogen-bond donors (Lipinski definition) is 1. The summed E-state index contributed by atoms with van der Waals surface area (Å²) < 4.78 is 5.61. The summed E-state index contributed by atoms with van der Waals surface area (Å²) in [6, 6.07) is 14.1. The third kappa shape index (κ3) is 3.34. The average molecular weight is 285 g/mol. The Morgan fingerprint density at radius 1 is 1.19 bits per heavy atom. The van der Waals surface area contributed by atoms with Crippen molar-refractivity contribution in [1.82, 2.24) is 4.90 Å². The molecule has 0 bridgehead atoms. The van der Waals surface area contributed by atoms with Gasteiger partial charge in [0.1, 0.15) is 5.75 Å². The van der Waals surface area contributed by atoms with E-state index in [0.717, 1.165) is 23.6 Å². The first kappa shape index (κ1) is 13.9. The lowest BCUT2D eigenvalue weighted by Gasteiger charge is -2.21. The van der Waals surface area contributed by atoms with Gasteiger partial charge in [0.25, 0.3) is 5.91 Å². The summed E-state index contributed by atoms with van der Waals surface area (Å²) in [6.07, 6.45) is 2.06. The number of hydrogen-bond acceptors (Lipinski definition) is 3. The molecule has 4 heteroatoms. The van der Waals surface area contributed by atoms with Crippen molar-refractivity contribution >= 4 is 16.7 Å². The lowest BCUT2D eigenvalue weighted by Crippen LogP contribution is -2.38. The van der Waals surface area contributed by atoms with Crippen LogP contribution in [0.2, 0.25) is 0 Å². The Morgan fingerprint density at radius 3 is 2.67 bits per heavy atom. The second-order valence-corrected chi connectivity index (χ2v) is 5.34. The molecule has 1 fully saturated rings. The van der Waals surface area contributed by atoms with Crippen molar-refractivity contribution in [3.63, 3.8) is 0 Å². The molecule has 0 unspecified atom stereocenters. The molecule has 4 nitrogen and oxygen atoms in total. The first-order valence-corrected chi connectivity index (χ1v) is 7.30. The van der Waals surface area contributed by atoms with Crippen molar-refractivity contribution in [1.29, 1.82) is 0 Å². The molecule has 1 saturated carbocycles. The lowest BCUT2D eigenvalue weighted by atomic mass is 10.1. The van der Waals surface area contributed by atoms with Gasteiger partial charge in [0.05, 0.1) is 6.61 Å². The Bertz CT molecular complexity index is 637. The number of rotatable bonds is 6. The van der Waals surface area contributed by atoms with E-state index in [1.807, 2.05) is 42.5 Å². The predicted molar refractivity (Wildman–Crippen MR) is 81.3 cm³/mol.